The van der Waals surface area contributed by atoms with E-state index < -0.39 is 0 Å². The molecule has 1 unspecified atom stereocenters. The van der Waals surface area contributed by atoms with Crippen LogP contribution in [0.15, 0.2) is 0 Å². The van der Waals surface area contributed by atoms with Gasteiger partial charge in [-0.2, -0.15) is 0 Å². The third kappa shape index (κ3) is 4.20. The Balaban J connectivity index is 1.78. The van der Waals surface area contributed by atoms with Gasteiger partial charge in [0.2, 0.25) is 0 Å². The summed E-state index contributed by atoms with van der Waals surface area (Å²) < 4.78 is 0. The summed E-state index contributed by atoms with van der Waals surface area (Å²) in [5.74, 6) is 0.978. The minimum Gasteiger partial charge on any atom is -0.393 e. The molecule has 0 aromatic carbocycles. The Morgan fingerprint density at radius 3 is 2.72 bits per heavy atom. The molecule has 2 rings (SSSR count). The topological polar surface area (TPSA) is 29.3 Å². The van der Waals surface area contributed by atoms with E-state index in [0.717, 1.165) is 12.3 Å². The number of rotatable bonds is 6. The van der Waals surface area contributed by atoms with Crippen molar-refractivity contribution >= 4 is 17.2 Å². The Morgan fingerprint density at radius 2 is 2.11 bits per heavy atom. The maximum Gasteiger partial charge on any atom is 0.0733 e. The second-order valence-corrected chi connectivity index (χ2v) is 7.03. The van der Waals surface area contributed by atoms with Gasteiger partial charge in [0.05, 0.1) is 4.99 Å². The molecule has 2 fully saturated rings. The molecule has 0 aromatic rings. The molecular formula is C15H28N2S. The highest BCUT2D eigenvalue weighted by Gasteiger charge is 2.44. The van der Waals surface area contributed by atoms with Crippen LogP contribution in [0, 0.1) is 11.3 Å². The van der Waals surface area contributed by atoms with Gasteiger partial charge >= 0.3 is 0 Å². The Bertz CT molecular complexity index is 286. The van der Waals surface area contributed by atoms with Gasteiger partial charge in [0, 0.05) is 13.0 Å². The number of nitrogens with two attached hydrogens (primary N) is 1. The van der Waals surface area contributed by atoms with Crippen LogP contribution in [0.3, 0.4) is 0 Å². The highest BCUT2D eigenvalue weighted by Crippen LogP contribution is 2.49. The van der Waals surface area contributed by atoms with Crippen molar-refractivity contribution < 1.29 is 0 Å². The van der Waals surface area contributed by atoms with Crippen LogP contribution in [0.5, 0.6) is 0 Å². The standard InChI is InChI=1S/C15H28N2S/c1-2-4-13-5-3-9-17(10-6-13)12-15(7-8-15)11-14(16)18/h13H,2-12H2,1H3,(H2,16,18). The molecule has 1 atom stereocenters. The summed E-state index contributed by atoms with van der Waals surface area (Å²) in [6.45, 7) is 6.14. The minimum absolute atomic E-state index is 0.469. The highest BCUT2D eigenvalue weighted by atomic mass is 32.1. The number of thiocarbonyl (C=S) groups is 1. The molecule has 1 aliphatic heterocycles. The van der Waals surface area contributed by atoms with Gasteiger partial charge in [-0.05, 0) is 56.5 Å². The fraction of sp³-hybridized carbons (Fsp3) is 0.933. The van der Waals surface area contributed by atoms with Gasteiger partial charge in [-0.15, -0.1) is 0 Å². The quantitative estimate of drug-likeness (QED) is 0.749. The van der Waals surface area contributed by atoms with E-state index in [1.165, 1.54) is 64.6 Å². The Kier molecular flexibility index (Phi) is 5.02. The van der Waals surface area contributed by atoms with Gasteiger partial charge in [0.1, 0.15) is 0 Å². The van der Waals surface area contributed by atoms with Gasteiger partial charge in [-0.3, -0.25) is 0 Å². The first-order chi connectivity index (χ1) is 8.63. The predicted octanol–water partition coefficient (Wildman–Crippen LogP) is 3.35. The zero-order valence-electron chi connectivity index (χ0n) is 11.8. The van der Waals surface area contributed by atoms with Crippen LogP contribution < -0.4 is 5.73 Å². The molecule has 0 amide bonds. The molecule has 2 nitrogen and oxygen atoms in total. The average molecular weight is 268 g/mol. The Morgan fingerprint density at radius 1 is 1.33 bits per heavy atom. The second kappa shape index (κ2) is 6.33. The summed E-state index contributed by atoms with van der Waals surface area (Å²) >= 11 is 5.09. The second-order valence-electron chi connectivity index (χ2n) is 6.50. The van der Waals surface area contributed by atoms with E-state index in [4.69, 9.17) is 18.0 Å². The van der Waals surface area contributed by atoms with Gasteiger partial charge in [0.25, 0.3) is 0 Å². The molecule has 1 aliphatic carbocycles. The van der Waals surface area contributed by atoms with Crippen LogP contribution in [-0.4, -0.2) is 29.5 Å². The lowest BCUT2D eigenvalue weighted by Gasteiger charge is -2.26. The lowest BCUT2D eigenvalue weighted by Crippen LogP contribution is -2.33. The average Bonchev–Trinajstić information content (AvgIpc) is 3.06. The number of likely N-dealkylation sites (tertiary alicyclic amines) is 1. The summed E-state index contributed by atoms with van der Waals surface area (Å²) in [5.41, 5.74) is 6.20. The van der Waals surface area contributed by atoms with Crippen molar-refractivity contribution in [1.29, 1.82) is 0 Å². The maximum atomic E-state index is 5.73. The summed E-state index contributed by atoms with van der Waals surface area (Å²) in [6, 6.07) is 0. The van der Waals surface area contributed by atoms with Crippen molar-refractivity contribution in [1.82, 2.24) is 4.90 Å². The number of nitrogens with zero attached hydrogens (tertiary/aromatic N) is 1. The third-order valence-corrected chi connectivity index (χ3v) is 4.85. The molecule has 1 saturated heterocycles. The lowest BCUT2D eigenvalue weighted by atomic mass is 9.96. The van der Waals surface area contributed by atoms with Crippen molar-refractivity contribution in [2.75, 3.05) is 19.6 Å². The molecule has 0 aromatic heterocycles. The van der Waals surface area contributed by atoms with Gasteiger partial charge in [-0.1, -0.05) is 32.0 Å². The van der Waals surface area contributed by atoms with E-state index >= 15 is 0 Å². The molecule has 1 saturated carbocycles. The van der Waals surface area contributed by atoms with Crippen LogP contribution in [-0.2, 0) is 0 Å². The van der Waals surface area contributed by atoms with E-state index in [2.05, 4.69) is 11.8 Å². The van der Waals surface area contributed by atoms with Crippen molar-refractivity contribution in [2.45, 2.75) is 58.3 Å². The largest absolute Gasteiger partial charge is 0.393 e. The fourth-order valence-corrected chi connectivity index (χ4v) is 3.80. The van der Waals surface area contributed by atoms with E-state index in [0.29, 0.717) is 10.4 Å². The molecule has 2 N–H and O–H groups in total. The van der Waals surface area contributed by atoms with Gasteiger partial charge in [0.15, 0.2) is 0 Å². The minimum atomic E-state index is 0.469. The van der Waals surface area contributed by atoms with E-state index in [1.54, 1.807) is 0 Å². The molecule has 18 heavy (non-hydrogen) atoms. The first-order valence-corrected chi connectivity index (χ1v) is 8.05. The monoisotopic (exact) mass is 268 g/mol. The van der Waals surface area contributed by atoms with Crippen LogP contribution in [0.4, 0.5) is 0 Å². The van der Waals surface area contributed by atoms with E-state index in [9.17, 15) is 0 Å². The lowest BCUT2D eigenvalue weighted by molar-refractivity contribution is 0.226. The molecular weight excluding hydrogens is 240 g/mol. The summed E-state index contributed by atoms with van der Waals surface area (Å²) in [6.07, 6.45) is 10.6. The zero-order chi connectivity index (χ0) is 13.0. The SMILES string of the molecule is CCCC1CCCN(CC2(CC(N)=S)CC2)CC1. The first-order valence-electron chi connectivity index (χ1n) is 7.64. The number of hydrogen-bond acceptors (Lipinski definition) is 2. The van der Waals surface area contributed by atoms with E-state index in [1.807, 2.05) is 0 Å². The van der Waals surface area contributed by atoms with Crippen molar-refractivity contribution in [2.24, 2.45) is 17.1 Å². The molecule has 1 heterocycles. The zero-order valence-corrected chi connectivity index (χ0v) is 12.6. The molecule has 0 spiro atoms. The summed E-state index contributed by atoms with van der Waals surface area (Å²) in [5, 5.41) is 0. The summed E-state index contributed by atoms with van der Waals surface area (Å²) in [4.78, 5) is 3.40. The van der Waals surface area contributed by atoms with Crippen molar-refractivity contribution in [3.8, 4) is 0 Å². The summed E-state index contributed by atoms with van der Waals surface area (Å²) in [7, 11) is 0. The van der Waals surface area contributed by atoms with Crippen LogP contribution in [0.1, 0.15) is 58.3 Å². The first kappa shape index (κ1) is 14.3. The smallest absolute Gasteiger partial charge is 0.0733 e. The third-order valence-electron chi connectivity index (χ3n) is 4.70. The van der Waals surface area contributed by atoms with Crippen molar-refractivity contribution in [3.63, 3.8) is 0 Å². The van der Waals surface area contributed by atoms with E-state index in [-0.39, 0.29) is 0 Å². The molecule has 0 radical (unpaired) electrons. The molecule has 104 valence electrons. The molecule has 0 bridgehead atoms. The Hall–Kier alpha value is -0.150. The fourth-order valence-electron chi connectivity index (χ4n) is 3.49. The van der Waals surface area contributed by atoms with Crippen LogP contribution >= 0.6 is 12.2 Å². The van der Waals surface area contributed by atoms with Gasteiger partial charge in [-0.25, -0.2) is 0 Å². The predicted molar refractivity (Wildman–Crippen MR) is 81.8 cm³/mol. The molecule has 2 aliphatic rings. The maximum absolute atomic E-state index is 5.73. The highest BCUT2D eigenvalue weighted by molar-refractivity contribution is 7.80. The van der Waals surface area contributed by atoms with Crippen LogP contribution in [0.2, 0.25) is 0 Å². The number of hydrogen-bond donors (Lipinski definition) is 1. The Labute approximate surface area is 117 Å². The normalized spacial score (nSPS) is 27.7. The molecule has 3 heteroatoms. The van der Waals surface area contributed by atoms with Crippen molar-refractivity contribution in [3.05, 3.63) is 0 Å². The van der Waals surface area contributed by atoms with Gasteiger partial charge < -0.3 is 10.6 Å². The van der Waals surface area contributed by atoms with Crippen LogP contribution in [0.25, 0.3) is 0 Å².